The van der Waals surface area contributed by atoms with Gasteiger partial charge in [0.25, 0.3) is 5.91 Å². The smallest absolute Gasteiger partial charge is 0.420 e. The Morgan fingerprint density at radius 2 is 1.90 bits per heavy atom. The van der Waals surface area contributed by atoms with E-state index in [1.165, 1.54) is 61.2 Å². The number of amides is 1. The minimum Gasteiger partial charge on any atom is -0.420 e. The molecule has 2 aliphatic rings. The normalized spacial score (nSPS) is 16.8. The number of rotatable bonds is 5. The van der Waals surface area contributed by atoms with E-state index in [9.17, 15) is 13.6 Å². The van der Waals surface area contributed by atoms with Gasteiger partial charge >= 0.3 is 5.57 Å². The van der Waals surface area contributed by atoms with Crippen LogP contribution in [0.25, 0.3) is 0 Å². The van der Waals surface area contributed by atoms with E-state index in [4.69, 9.17) is 11.6 Å². The van der Waals surface area contributed by atoms with E-state index >= 15 is 0 Å². The van der Waals surface area contributed by atoms with Gasteiger partial charge in [-0.3, -0.25) is 4.79 Å². The zero-order valence-corrected chi connectivity index (χ0v) is 17.9. The Morgan fingerprint density at radius 3 is 2.55 bits per heavy atom. The van der Waals surface area contributed by atoms with Crippen LogP contribution in [0.3, 0.4) is 0 Å². The molecule has 29 heavy (non-hydrogen) atoms. The fraction of sp³-hybridized carbons (Fsp3) is 0.381. The van der Waals surface area contributed by atoms with Gasteiger partial charge in [-0.1, -0.05) is 12.8 Å². The fourth-order valence-electron chi connectivity index (χ4n) is 4.18. The number of ether oxygens (including phenoxy) is 1. The maximum absolute atomic E-state index is 12.7. The molecule has 1 amide bonds. The number of nitrogens with zero attached hydrogens (tertiary/aromatic N) is 1. The van der Waals surface area contributed by atoms with Crippen molar-refractivity contribution in [3.63, 3.8) is 0 Å². The lowest BCUT2D eigenvalue weighted by atomic mass is 10.1. The summed E-state index contributed by atoms with van der Waals surface area (Å²) in [5.74, 6) is -0.348. The molecule has 1 heterocycles. The van der Waals surface area contributed by atoms with Crippen LogP contribution in [0.4, 0.5) is 20.2 Å². The number of anilines is 2. The number of fused-ring (bicyclic) bond motifs is 1. The number of nitrogens with one attached hydrogen (secondary N) is 1. The maximum Gasteiger partial charge on any atom is 0.487 e. The minimum absolute atomic E-state index is 0.0877. The van der Waals surface area contributed by atoms with Crippen molar-refractivity contribution in [2.24, 2.45) is 0 Å². The minimum atomic E-state index is -3.77. The summed E-state index contributed by atoms with van der Waals surface area (Å²) < 4.78 is 30.6. The van der Waals surface area contributed by atoms with E-state index in [0.29, 0.717) is 17.3 Å². The van der Waals surface area contributed by atoms with Gasteiger partial charge in [-0.25, -0.2) is 0 Å². The van der Waals surface area contributed by atoms with Crippen LogP contribution in [0.5, 0.6) is 5.75 Å². The molecular weight excluding hydrogens is 466 g/mol. The second kappa shape index (κ2) is 8.11. The SMILES string of the molecule is O=C(Nc1ccc(OC(F)(F)Cl)cc1)c1cc(Br)c2c(c1)CCN2C1CCCC1. The quantitative estimate of drug-likeness (QED) is 0.515. The Balaban J connectivity index is 1.48. The summed E-state index contributed by atoms with van der Waals surface area (Å²) in [6, 6.07) is 9.99. The third-order valence-electron chi connectivity index (χ3n) is 5.43. The van der Waals surface area contributed by atoms with Crippen LogP contribution in [-0.4, -0.2) is 24.1 Å². The molecule has 8 heteroatoms. The summed E-state index contributed by atoms with van der Waals surface area (Å²) >= 11 is 8.41. The highest BCUT2D eigenvalue weighted by atomic mass is 79.9. The molecule has 0 bridgehead atoms. The first-order valence-corrected chi connectivity index (χ1v) is 10.7. The molecule has 0 saturated heterocycles. The monoisotopic (exact) mass is 484 g/mol. The van der Waals surface area contributed by atoms with E-state index in [-0.39, 0.29) is 11.7 Å². The Bertz CT molecular complexity index is 912. The maximum atomic E-state index is 12.7. The lowest BCUT2D eigenvalue weighted by molar-refractivity contribution is -0.0964. The molecule has 0 spiro atoms. The van der Waals surface area contributed by atoms with Crippen LogP contribution in [0, 0.1) is 0 Å². The number of alkyl halides is 3. The summed E-state index contributed by atoms with van der Waals surface area (Å²) in [6.45, 7) is 0.982. The van der Waals surface area contributed by atoms with Crippen molar-refractivity contribution in [2.45, 2.75) is 43.7 Å². The molecule has 154 valence electrons. The van der Waals surface area contributed by atoms with Crippen molar-refractivity contribution in [3.05, 3.63) is 52.0 Å². The number of carbonyl (C=O) groups excluding carboxylic acids is 1. The molecule has 2 aromatic rings. The largest absolute Gasteiger partial charge is 0.487 e. The fourth-order valence-corrected chi connectivity index (χ4v) is 4.99. The van der Waals surface area contributed by atoms with Gasteiger partial charge in [0.1, 0.15) is 5.75 Å². The Labute approximate surface area is 181 Å². The summed E-state index contributed by atoms with van der Waals surface area (Å²) in [4.78, 5) is 15.2. The predicted octanol–water partition coefficient (Wildman–Crippen LogP) is 6.17. The molecule has 0 aromatic heterocycles. The zero-order chi connectivity index (χ0) is 20.6. The Morgan fingerprint density at radius 1 is 1.21 bits per heavy atom. The lowest BCUT2D eigenvalue weighted by Crippen LogP contribution is -2.31. The molecule has 1 aliphatic carbocycles. The molecule has 1 saturated carbocycles. The van der Waals surface area contributed by atoms with Crippen molar-refractivity contribution in [1.82, 2.24) is 0 Å². The second-order valence-corrected chi connectivity index (χ2v) is 8.67. The number of benzene rings is 2. The molecule has 2 aromatic carbocycles. The van der Waals surface area contributed by atoms with Gasteiger partial charge < -0.3 is 15.0 Å². The molecule has 1 aliphatic heterocycles. The van der Waals surface area contributed by atoms with Crippen molar-refractivity contribution in [2.75, 3.05) is 16.8 Å². The first-order chi connectivity index (χ1) is 13.8. The van der Waals surface area contributed by atoms with Crippen LogP contribution < -0.4 is 15.0 Å². The van der Waals surface area contributed by atoms with Crippen LogP contribution in [0.15, 0.2) is 40.9 Å². The highest BCUT2D eigenvalue weighted by Gasteiger charge is 2.31. The van der Waals surface area contributed by atoms with E-state index in [2.05, 4.69) is 30.9 Å². The van der Waals surface area contributed by atoms with E-state index in [1.807, 2.05) is 12.1 Å². The average molecular weight is 486 g/mol. The van der Waals surface area contributed by atoms with Gasteiger partial charge in [0, 0.05) is 39.9 Å². The van der Waals surface area contributed by atoms with E-state index in [1.54, 1.807) is 0 Å². The zero-order valence-electron chi connectivity index (χ0n) is 15.6. The first-order valence-electron chi connectivity index (χ1n) is 9.56. The summed E-state index contributed by atoms with van der Waals surface area (Å²) in [5.41, 5.74) is -0.365. The van der Waals surface area contributed by atoms with Gasteiger partial charge in [0.15, 0.2) is 0 Å². The predicted molar refractivity (Wildman–Crippen MR) is 113 cm³/mol. The van der Waals surface area contributed by atoms with Crippen LogP contribution in [-0.2, 0) is 6.42 Å². The van der Waals surface area contributed by atoms with Crippen molar-refractivity contribution >= 4 is 44.8 Å². The van der Waals surface area contributed by atoms with Crippen molar-refractivity contribution in [3.8, 4) is 5.75 Å². The molecule has 1 fully saturated rings. The third kappa shape index (κ3) is 4.67. The number of halogens is 4. The number of hydrogen-bond donors (Lipinski definition) is 1. The molecule has 0 radical (unpaired) electrons. The highest BCUT2D eigenvalue weighted by molar-refractivity contribution is 9.10. The topological polar surface area (TPSA) is 41.6 Å². The van der Waals surface area contributed by atoms with Crippen LogP contribution >= 0.6 is 27.5 Å². The molecule has 4 rings (SSSR count). The third-order valence-corrected chi connectivity index (χ3v) is 6.11. The van der Waals surface area contributed by atoms with Gasteiger partial charge in [-0.05, 0) is 77.2 Å². The molecular formula is C21H20BrClF2N2O2. The molecule has 0 unspecified atom stereocenters. The van der Waals surface area contributed by atoms with Gasteiger partial charge in [-0.15, -0.1) is 8.78 Å². The molecule has 4 nitrogen and oxygen atoms in total. The molecule has 1 N–H and O–H groups in total. The lowest BCUT2D eigenvalue weighted by Gasteiger charge is -2.27. The van der Waals surface area contributed by atoms with Gasteiger partial charge in [0.2, 0.25) is 0 Å². The van der Waals surface area contributed by atoms with E-state index < -0.39 is 5.57 Å². The second-order valence-electron chi connectivity index (χ2n) is 7.37. The standard InChI is InChI=1S/C21H20BrClF2N2O2/c22-18-12-14(11-13-9-10-27(19(13)18)16-3-1-2-4-16)20(28)26-15-5-7-17(8-6-15)29-21(23,24)25/h5-8,11-12,16H,1-4,9-10H2,(H,26,28). The van der Waals surface area contributed by atoms with Gasteiger partial charge in [0.05, 0.1) is 5.69 Å². The van der Waals surface area contributed by atoms with E-state index in [0.717, 1.165) is 17.4 Å². The van der Waals surface area contributed by atoms with Crippen molar-refractivity contribution < 1.29 is 18.3 Å². The number of carbonyl (C=O) groups is 1. The first kappa shape index (κ1) is 20.4. The van der Waals surface area contributed by atoms with Gasteiger partial charge in [-0.2, -0.15) is 0 Å². The van der Waals surface area contributed by atoms with Crippen LogP contribution in [0.1, 0.15) is 41.6 Å². The highest BCUT2D eigenvalue weighted by Crippen LogP contribution is 2.41. The summed E-state index contributed by atoms with van der Waals surface area (Å²) in [7, 11) is 0. The molecule has 0 atom stereocenters. The van der Waals surface area contributed by atoms with Crippen LogP contribution in [0.2, 0.25) is 0 Å². The Hall–Kier alpha value is -1.86. The number of hydrogen-bond acceptors (Lipinski definition) is 3. The summed E-state index contributed by atoms with van der Waals surface area (Å²) in [5, 5.41) is 2.78. The average Bonchev–Trinajstić information content (AvgIpc) is 3.31. The van der Waals surface area contributed by atoms with Crippen molar-refractivity contribution in [1.29, 1.82) is 0 Å². The Kier molecular flexibility index (Phi) is 5.71. The summed E-state index contributed by atoms with van der Waals surface area (Å²) in [6.07, 6.45) is 5.93.